The number of nitrogens with two attached hydrogens (primary N) is 2. The van der Waals surface area contributed by atoms with E-state index in [1.54, 1.807) is 17.5 Å². The number of thiazole rings is 1. The Morgan fingerprint density at radius 1 is 1.07 bits per heavy atom. The zero-order valence-electron chi connectivity index (χ0n) is 17.1. The van der Waals surface area contributed by atoms with Crippen molar-refractivity contribution in [3.05, 3.63) is 11.2 Å². The fourth-order valence-electron chi connectivity index (χ4n) is 2.48. The van der Waals surface area contributed by atoms with Gasteiger partial charge in [0.2, 0.25) is 5.91 Å². The highest BCUT2D eigenvalue weighted by molar-refractivity contribution is 7.80. The highest BCUT2D eigenvalue weighted by Gasteiger charge is 1.99. The van der Waals surface area contributed by atoms with E-state index in [2.05, 4.69) is 24.1 Å². The monoisotopic (exact) mass is 414 g/mol. The van der Waals surface area contributed by atoms with Gasteiger partial charge in [-0.3, -0.25) is 4.79 Å². The number of primary amides is 1. The second-order valence-corrected chi connectivity index (χ2v) is 8.37. The molecule has 0 unspecified atom stereocenters. The SMILES string of the molecule is CCCCCCCC(=S)NCC(N)=O.CCCCCCCc1ncc(N)s1. The summed E-state index contributed by atoms with van der Waals surface area (Å²) in [5.41, 5.74) is 10.6. The van der Waals surface area contributed by atoms with Gasteiger partial charge in [-0.05, 0) is 25.7 Å². The number of hydrogen-bond donors (Lipinski definition) is 3. The molecule has 0 saturated heterocycles. The van der Waals surface area contributed by atoms with Crippen LogP contribution in [0.25, 0.3) is 0 Å². The molecule has 1 rings (SSSR count). The largest absolute Gasteiger partial charge is 0.389 e. The first-order valence-electron chi connectivity index (χ1n) is 10.2. The van der Waals surface area contributed by atoms with Crippen LogP contribution in [-0.4, -0.2) is 22.4 Å². The Morgan fingerprint density at radius 3 is 2.19 bits per heavy atom. The lowest BCUT2D eigenvalue weighted by molar-refractivity contribution is -0.116. The summed E-state index contributed by atoms with van der Waals surface area (Å²) in [5, 5.41) is 4.86. The number of amides is 1. The topological polar surface area (TPSA) is 94.0 Å². The smallest absolute Gasteiger partial charge is 0.236 e. The van der Waals surface area contributed by atoms with Gasteiger partial charge in [-0.25, -0.2) is 4.98 Å². The predicted molar refractivity (Wildman–Crippen MR) is 122 cm³/mol. The summed E-state index contributed by atoms with van der Waals surface area (Å²) in [6.45, 7) is 4.59. The van der Waals surface area contributed by atoms with Crippen LogP contribution in [0.15, 0.2) is 6.20 Å². The van der Waals surface area contributed by atoms with Crippen LogP contribution in [0.2, 0.25) is 0 Å². The Labute approximate surface area is 174 Å². The fraction of sp³-hybridized carbons (Fsp3) is 0.750. The molecule has 5 N–H and O–H groups in total. The molecule has 5 nitrogen and oxygen atoms in total. The van der Waals surface area contributed by atoms with Crippen molar-refractivity contribution in [3.63, 3.8) is 0 Å². The molecule has 7 heteroatoms. The summed E-state index contributed by atoms with van der Waals surface area (Å²) in [7, 11) is 0. The van der Waals surface area contributed by atoms with Crippen molar-refractivity contribution in [1.29, 1.82) is 0 Å². The van der Waals surface area contributed by atoms with Gasteiger partial charge >= 0.3 is 0 Å². The minimum absolute atomic E-state index is 0.161. The molecule has 0 fully saturated rings. The van der Waals surface area contributed by atoms with E-state index in [1.807, 2.05) is 0 Å². The van der Waals surface area contributed by atoms with Gasteiger partial charge in [0.05, 0.1) is 22.7 Å². The molecule has 1 amide bonds. The predicted octanol–water partition coefficient (Wildman–Crippen LogP) is 4.99. The summed E-state index contributed by atoms with van der Waals surface area (Å²) in [5.74, 6) is -0.363. The molecule has 0 spiro atoms. The molecule has 0 radical (unpaired) electrons. The number of anilines is 1. The van der Waals surface area contributed by atoms with Gasteiger partial charge in [-0.1, -0.05) is 77.4 Å². The lowest BCUT2D eigenvalue weighted by atomic mass is 10.1. The highest BCUT2D eigenvalue weighted by atomic mass is 32.1. The van der Waals surface area contributed by atoms with Crippen LogP contribution < -0.4 is 16.8 Å². The van der Waals surface area contributed by atoms with Crippen molar-refractivity contribution in [2.75, 3.05) is 12.3 Å². The molecule has 0 aliphatic rings. The van der Waals surface area contributed by atoms with Gasteiger partial charge in [-0.2, -0.15) is 0 Å². The molecular formula is C20H38N4OS2. The maximum atomic E-state index is 10.4. The molecule has 1 heterocycles. The van der Waals surface area contributed by atoms with Crippen LogP contribution in [0.4, 0.5) is 5.00 Å². The van der Waals surface area contributed by atoms with Crippen molar-refractivity contribution in [3.8, 4) is 0 Å². The molecule has 1 aromatic heterocycles. The first-order chi connectivity index (χ1) is 13.0. The summed E-state index contributed by atoms with van der Waals surface area (Å²) in [4.78, 5) is 15.4. The number of unbranched alkanes of at least 4 members (excludes halogenated alkanes) is 8. The quantitative estimate of drug-likeness (QED) is 0.294. The Hall–Kier alpha value is -1.21. The van der Waals surface area contributed by atoms with E-state index in [-0.39, 0.29) is 12.5 Å². The number of carbonyl (C=O) groups is 1. The molecule has 0 aliphatic heterocycles. The Kier molecular flexibility index (Phi) is 17.4. The number of aryl methyl sites for hydroxylation is 1. The third-order valence-electron chi connectivity index (χ3n) is 4.03. The maximum Gasteiger partial charge on any atom is 0.236 e. The number of nitrogens with one attached hydrogen (secondary N) is 1. The molecule has 1 aromatic rings. The maximum absolute atomic E-state index is 10.4. The fourth-order valence-corrected chi connectivity index (χ4v) is 3.43. The summed E-state index contributed by atoms with van der Waals surface area (Å²) in [6, 6.07) is 0. The molecule has 0 bridgehead atoms. The average molecular weight is 415 g/mol. The van der Waals surface area contributed by atoms with Gasteiger partial charge in [-0.15, -0.1) is 11.3 Å². The summed E-state index contributed by atoms with van der Waals surface area (Å²) in [6.07, 6.45) is 16.5. The first kappa shape index (κ1) is 25.8. The van der Waals surface area contributed by atoms with Crippen molar-refractivity contribution >= 4 is 39.5 Å². The van der Waals surface area contributed by atoms with Gasteiger partial charge < -0.3 is 16.8 Å². The van der Waals surface area contributed by atoms with Crippen LogP contribution in [0.1, 0.15) is 89.5 Å². The van der Waals surface area contributed by atoms with Gasteiger partial charge in [0.25, 0.3) is 0 Å². The van der Waals surface area contributed by atoms with Crippen molar-refractivity contribution in [2.45, 2.75) is 90.9 Å². The van der Waals surface area contributed by atoms with Gasteiger partial charge in [0.1, 0.15) is 5.00 Å². The van der Waals surface area contributed by atoms with Crippen LogP contribution in [0.5, 0.6) is 0 Å². The van der Waals surface area contributed by atoms with Crippen LogP contribution >= 0.6 is 23.6 Å². The normalized spacial score (nSPS) is 10.1. The number of nitrogen functional groups attached to an aromatic ring is 1. The second kappa shape index (κ2) is 18.2. The molecule has 0 aliphatic carbocycles. The lowest BCUT2D eigenvalue weighted by Crippen LogP contribution is -2.32. The number of aromatic nitrogens is 1. The van der Waals surface area contributed by atoms with E-state index in [1.165, 1.54) is 62.8 Å². The van der Waals surface area contributed by atoms with Crippen LogP contribution in [0.3, 0.4) is 0 Å². The van der Waals surface area contributed by atoms with Crippen molar-refractivity contribution < 1.29 is 4.79 Å². The molecule has 0 atom stereocenters. The second-order valence-electron chi connectivity index (χ2n) is 6.73. The highest BCUT2D eigenvalue weighted by Crippen LogP contribution is 2.17. The molecule has 0 saturated carbocycles. The third-order valence-corrected chi connectivity index (χ3v) is 5.27. The Bertz CT molecular complexity index is 506. The van der Waals surface area contributed by atoms with Gasteiger partial charge in [0, 0.05) is 0 Å². The Balaban J connectivity index is 0.000000501. The number of carbonyl (C=O) groups excluding carboxylic acids is 1. The number of rotatable bonds is 14. The average Bonchev–Trinajstić information content (AvgIpc) is 3.05. The zero-order chi connectivity index (χ0) is 20.3. The van der Waals surface area contributed by atoms with E-state index >= 15 is 0 Å². The summed E-state index contributed by atoms with van der Waals surface area (Å²) >= 11 is 6.65. The van der Waals surface area contributed by atoms with E-state index < -0.39 is 0 Å². The third kappa shape index (κ3) is 17.9. The van der Waals surface area contributed by atoms with Crippen LogP contribution in [0, 0.1) is 0 Å². The molecular weight excluding hydrogens is 376 g/mol. The Morgan fingerprint density at radius 2 is 1.67 bits per heavy atom. The van der Waals surface area contributed by atoms with Crippen molar-refractivity contribution in [1.82, 2.24) is 10.3 Å². The van der Waals surface area contributed by atoms with E-state index in [9.17, 15) is 4.79 Å². The minimum Gasteiger partial charge on any atom is -0.389 e. The van der Waals surface area contributed by atoms with E-state index in [0.29, 0.717) is 0 Å². The van der Waals surface area contributed by atoms with E-state index in [0.717, 1.165) is 29.3 Å². The molecule has 27 heavy (non-hydrogen) atoms. The standard InChI is InChI=1S/C10H20N2OS.C10H18N2S/c1-2-3-4-5-6-7-10(14)12-8-9(11)13;1-2-3-4-5-6-7-10-12-8-9(11)13-10/h2-8H2,1H3,(H2,11,13)(H,12,14);8H,2-7,11H2,1H3. The van der Waals surface area contributed by atoms with Crippen LogP contribution in [-0.2, 0) is 11.2 Å². The van der Waals surface area contributed by atoms with Gasteiger partial charge in [0.15, 0.2) is 0 Å². The zero-order valence-corrected chi connectivity index (χ0v) is 18.7. The number of nitrogens with zero attached hydrogens (tertiary/aromatic N) is 1. The first-order valence-corrected chi connectivity index (χ1v) is 11.5. The number of hydrogen-bond acceptors (Lipinski definition) is 5. The van der Waals surface area contributed by atoms with E-state index in [4.69, 9.17) is 23.7 Å². The molecule has 156 valence electrons. The molecule has 0 aromatic carbocycles. The lowest BCUT2D eigenvalue weighted by Gasteiger charge is -2.05. The van der Waals surface area contributed by atoms with Crippen molar-refractivity contribution in [2.24, 2.45) is 5.73 Å². The minimum atomic E-state index is -0.363. The summed E-state index contributed by atoms with van der Waals surface area (Å²) < 4.78 is 0. The number of thiocarbonyl (C=S) groups is 1.